The molecule has 0 N–H and O–H groups in total. The van der Waals surface area contributed by atoms with E-state index in [4.69, 9.17) is 9.47 Å². The summed E-state index contributed by atoms with van der Waals surface area (Å²) in [6.07, 6.45) is 14.9. The molecule has 3 nitrogen and oxygen atoms in total. The van der Waals surface area contributed by atoms with Gasteiger partial charge in [-0.05, 0) is 48.7 Å². The van der Waals surface area contributed by atoms with E-state index in [2.05, 4.69) is 37.9 Å². The number of rotatable bonds is 16. The van der Waals surface area contributed by atoms with Crippen molar-refractivity contribution < 1.29 is 9.47 Å². The Morgan fingerprint density at radius 2 is 1.37 bits per heavy atom. The maximum atomic E-state index is 5.86. The molecule has 0 aliphatic heterocycles. The molecule has 1 unspecified atom stereocenters. The molecular weight excluding hydrogens is 370 g/mol. The Labute approximate surface area is 184 Å². The van der Waals surface area contributed by atoms with Gasteiger partial charge >= 0.3 is 0 Å². The van der Waals surface area contributed by atoms with Crippen LogP contribution in [0.4, 0.5) is 0 Å². The van der Waals surface area contributed by atoms with Crippen LogP contribution in [0.25, 0.3) is 11.3 Å². The van der Waals surface area contributed by atoms with Crippen molar-refractivity contribution >= 4 is 0 Å². The third kappa shape index (κ3) is 9.65. The Morgan fingerprint density at radius 1 is 0.733 bits per heavy atom. The van der Waals surface area contributed by atoms with Gasteiger partial charge in [0.1, 0.15) is 11.5 Å². The first-order valence-electron chi connectivity index (χ1n) is 12.0. The summed E-state index contributed by atoms with van der Waals surface area (Å²) in [6, 6.07) is 12.2. The van der Waals surface area contributed by atoms with Crippen molar-refractivity contribution in [3.63, 3.8) is 0 Å². The fourth-order valence-corrected chi connectivity index (χ4v) is 3.32. The molecule has 2 aromatic rings. The summed E-state index contributed by atoms with van der Waals surface area (Å²) >= 11 is 0. The molecule has 1 aromatic heterocycles. The van der Waals surface area contributed by atoms with Gasteiger partial charge in [-0.2, -0.15) is 0 Å². The number of pyridine rings is 1. The van der Waals surface area contributed by atoms with E-state index in [9.17, 15) is 0 Å². The predicted octanol–water partition coefficient (Wildman–Crippen LogP) is 8.08. The molecule has 0 aliphatic rings. The van der Waals surface area contributed by atoms with Crippen LogP contribution in [0, 0.1) is 5.92 Å². The molecule has 166 valence electrons. The molecule has 1 atom stereocenters. The minimum absolute atomic E-state index is 0.578. The second kappa shape index (κ2) is 14.9. The van der Waals surface area contributed by atoms with Gasteiger partial charge in [0, 0.05) is 5.56 Å². The zero-order valence-corrected chi connectivity index (χ0v) is 19.4. The summed E-state index contributed by atoms with van der Waals surface area (Å²) in [7, 11) is 0. The van der Waals surface area contributed by atoms with Crippen LogP contribution in [0.1, 0.15) is 85.0 Å². The van der Waals surface area contributed by atoms with Crippen molar-refractivity contribution in [2.75, 3.05) is 13.2 Å². The molecule has 0 radical (unpaired) electrons. The highest BCUT2D eigenvalue weighted by atomic mass is 16.5. The molecule has 1 aromatic carbocycles. The maximum Gasteiger partial charge on any atom is 0.137 e. The van der Waals surface area contributed by atoms with Gasteiger partial charge in [-0.15, -0.1) is 0 Å². The van der Waals surface area contributed by atoms with Crippen molar-refractivity contribution in [3.05, 3.63) is 42.6 Å². The minimum atomic E-state index is 0.578. The third-order valence-electron chi connectivity index (χ3n) is 5.63. The van der Waals surface area contributed by atoms with E-state index >= 15 is 0 Å². The normalized spacial score (nSPS) is 12.0. The van der Waals surface area contributed by atoms with Crippen molar-refractivity contribution in [1.29, 1.82) is 0 Å². The highest BCUT2D eigenvalue weighted by molar-refractivity contribution is 5.60. The van der Waals surface area contributed by atoms with E-state index in [0.717, 1.165) is 48.8 Å². The highest BCUT2D eigenvalue weighted by Crippen LogP contribution is 2.23. The monoisotopic (exact) mass is 411 g/mol. The van der Waals surface area contributed by atoms with Crippen molar-refractivity contribution in [1.82, 2.24) is 4.98 Å². The van der Waals surface area contributed by atoms with Gasteiger partial charge in [0.25, 0.3) is 0 Å². The number of ether oxygens (including phenoxy) is 2. The van der Waals surface area contributed by atoms with E-state index in [0.29, 0.717) is 5.92 Å². The van der Waals surface area contributed by atoms with E-state index in [-0.39, 0.29) is 0 Å². The molecule has 0 saturated carbocycles. The lowest BCUT2D eigenvalue weighted by molar-refractivity contribution is 0.256. The first kappa shape index (κ1) is 24.2. The minimum Gasteiger partial charge on any atom is -0.493 e. The zero-order valence-electron chi connectivity index (χ0n) is 19.4. The lowest BCUT2D eigenvalue weighted by Gasteiger charge is -2.11. The van der Waals surface area contributed by atoms with Crippen molar-refractivity contribution in [3.8, 4) is 22.8 Å². The van der Waals surface area contributed by atoms with Crippen LogP contribution in [0.5, 0.6) is 11.5 Å². The van der Waals surface area contributed by atoms with Crippen LogP contribution >= 0.6 is 0 Å². The highest BCUT2D eigenvalue weighted by Gasteiger charge is 2.03. The fraction of sp³-hybridized carbons (Fsp3) is 0.593. The molecule has 0 fully saturated rings. The lowest BCUT2D eigenvalue weighted by atomic mass is 10.1. The topological polar surface area (TPSA) is 31.4 Å². The summed E-state index contributed by atoms with van der Waals surface area (Å²) in [6.45, 7) is 8.20. The molecule has 30 heavy (non-hydrogen) atoms. The molecule has 0 bridgehead atoms. The number of benzene rings is 1. The molecule has 3 heteroatoms. The second-order valence-corrected chi connectivity index (χ2v) is 8.40. The lowest BCUT2D eigenvalue weighted by Crippen LogP contribution is -2.06. The summed E-state index contributed by atoms with van der Waals surface area (Å²) in [5.41, 5.74) is 2.05. The van der Waals surface area contributed by atoms with E-state index in [1.165, 1.54) is 51.4 Å². The average Bonchev–Trinajstić information content (AvgIpc) is 2.79. The zero-order chi connectivity index (χ0) is 21.4. The molecular formula is C27H41NO2. The summed E-state index contributed by atoms with van der Waals surface area (Å²) in [5.74, 6) is 2.35. The summed E-state index contributed by atoms with van der Waals surface area (Å²) in [5, 5.41) is 0. The number of nitrogens with zero attached hydrogens (tertiary/aromatic N) is 1. The molecule has 2 rings (SSSR count). The van der Waals surface area contributed by atoms with Crippen molar-refractivity contribution in [2.45, 2.75) is 85.0 Å². The third-order valence-corrected chi connectivity index (χ3v) is 5.63. The average molecular weight is 412 g/mol. The van der Waals surface area contributed by atoms with Gasteiger partial charge < -0.3 is 9.47 Å². The number of unbranched alkanes of at least 4 members (excludes halogenated alkanes) is 8. The first-order chi connectivity index (χ1) is 14.7. The van der Waals surface area contributed by atoms with Crippen LogP contribution < -0.4 is 9.47 Å². The molecule has 0 spiro atoms. The Hall–Kier alpha value is -2.03. The Bertz CT molecular complexity index is 666. The largest absolute Gasteiger partial charge is 0.493 e. The van der Waals surface area contributed by atoms with Gasteiger partial charge in [0.05, 0.1) is 25.1 Å². The van der Waals surface area contributed by atoms with Crippen molar-refractivity contribution in [2.24, 2.45) is 5.92 Å². The Morgan fingerprint density at radius 3 is 1.97 bits per heavy atom. The van der Waals surface area contributed by atoms with Crippen LogP contribution in [0.15, 0.2) is 42.6 Å². The van der Waals surface area contributed by atoms with Gasteiger partial charge in [-0.3, -0.25) is 4.98 Å². The van der Waals surface area contributed by atoms with E-state index < -0.39 is 0 Å². The summed E-state index contributed by atoms with van der Waals surface area (Å²) in [4.78, 5) is 4.56. The van der Waals surface area contributed by atoms with Gasteiger partial charge in [-0.25, -0.2) is 0 Å². The second-order valence-electron chi connectivity index (χ2n) is 8.40. The standard InChI is InChI=1S/C27H41NO2/c1-4-6-7-8-9-10-11-12-13-20-29-26-18-19-27(28-21-26)24-14-16-25(17-15-24)30-22-23(3)5-2/h14-19,21,23H,4-13,20,22H2,1-3H3. The summed E-state index contributed by atoms with van der Waals surface area (Å²) < 4.78 is 11.7. The molecule has 0 amide bonds. The molecule has 1 heterocycles. The van der Waals surface area contributed by atoms with E-state index in [1.807, 2.05) is 30.5 Å². The SMILES string of the molecule is CCCCCCCCCCCOc1ccc(-c2ccc(OCC(C)CC)cc2)nc1. The van der Waals surface area contributed by atoms with Crippen LogP contribution in [0.2, 0.25) is 0 Å². The number of hydrogen-bond donors (Lipinski definition) is 0. The van der Waals surface area contributed by atoms with Gasteiger partial charge in [0.2, 0.25) is 0 Å². The maximum absolute atomic E-state index is 5.86. The molecule has 0 saturated heterocycles. The molecule has 0 aliphatic carbocycles. The quantitative estimate of drug-likeness (QED) is 0.262. The Kier molecular flexibility index (Phi) is 12.0. The van der Waals surface area contributed by atoms with Crippen LogP contribution in [-0.2, 0) is 0 Å². The number of aromatic nitrogens is 1. The van der Waals surface area contributed by atoms with Crippen LogP contribution in [0.3, 0.4) is 0 Å². The fourth-order valence-electron chi connectivity index (χ4n) is 3.32. The smallest absolute Gasteiger partial charge is 0.137 e. The predicted molar refractivity (Wildman–Crippen MR) is 127 cm³/mol. The van der Waals surface area contributed by atoms with E-state index in [1.54, 1.807) is 0 Å². The van der Waals surface area contributed by atoms with Gasteiger partial charge in [0.15, 0.2) is 0 Å². The Balaban J connectivity index is 1.64. The van der Waals surface area contributed by atoms with Gasteiger partial charge in [-0.1, -0.05) is 78.6 Å². The first-order valence-corrected chi connectivity index (χ1v) is 12.0. The van der Waals surface area contributed by atoms with Crippen LogP contribution in [-0.4, -0.2) is 18.2 Å². The number of hydrogen-bond acceptors (Lipinski definition) is 3.